The lowest BCUT2D eigenvalue weighted by atomic mass is 10.3. The molecule has 0 spiro atoms. The molecule has 1 aromatic rings. The van der Waals surface area contributed by atoms with Gasteiger partial charge in [0.2, 0.25) is 0 Å². The molecule has 3 nitrogen and oxygen atoms in total. The first-order chi connectivity index (χ1) is 9.19. The van der Waals surface area contributed by atoms with Gasteiger partial charge in [-0.3, -0.25) is 4.90 Å². The molecule has 2 rings (SSSR count). The molecule has 0 aliphatic heterocycles. The average Bonchev–Trinajstić information content (AvgIpc) is 3.13. The van der Waals surface area contributed by atoms with Crippen LogP contribution in [0.1, 0.15) is 22.6 Å². The van der Waals surface area contributed by atoms with E-state index < -0.39 is 6.10 Å². The highest BCUT2D eigenvalue weighted by Gasteiger charge is 2.30. The van der Waals surface area contributed by atoms with Crippen molar-refractivity contribution in [2.45, 2.75) is 38.5 Å². The van der Waals surface area contributed by atoms with E-state index in [9.17, 15) is 5.11 Å². The van der Waals surface area contributed by atoms with Crippen LogP contribution in [0.25, 0.3) is 0 Å². The molecule has 0 saturated heterocycles. The van der Waals surface area contributed by atoms with E-state index in [0.29, 0.717) is 25.8 Å². The summed E-state index contributed by atoms with van der Waals surface area (Å²) in [6, 6.07) is 5.00. The summed E-state index contributed by atoms with van der Waals surface area (Å²) >= 11 is 1.84. The minimum absolute atomic E-state index is 0.388. The van der Waals surface area contributed by atoms with Crippen LogP contribution in [0, 0.1) is 6.92 Å². The van der Waals surface area contributed by atoms with Crippen LogP contribution in [0.2, 0.25) is 0 Å². The van der Waals surface area contributed by atoms with Crippen LogP contribution in [-0.2, 0) is 11.3 Å². The maximum Gasteiger partial charge on any atom is 0.0900 e. The summed E-state index contributed by atoms with van der Waals surface area (Å²) in [6.45, 7) is 8.26. The van der Waals surface area contributed by atoms with Crippen LogP contribution < -0.4 is 0 Å². The third-order valence-electron chi connectivity index (χ3n) is 3.21. The monoisotopic (exact) mass is 281 g/mol. The second-order valence-corrected chi connectivity index (χ2v) is 6.53. The molecule has 1 aromatic heterocycles. The number of ether oxygens (including phenoxy) is 1. The van der Waals surface area contributed by atoms with E-state index in [1.54, 1.807) is 6.08 Å². The number of hydrogen-bond donors (Lipinski definition) is 1. The van der Waals surface area contributed by atoms with Crippen molar-refractivity contribution in [1.82, 2.24) is 4.90 Å². The maximum atomic E-state index is 10.0. The van der Waals surface area contributed by atoms with Gasteiger partial charge in [0.05, 0.1) is 19.3 Å². The minimum atomic E-state index is -0.415. The highest BCUT2D eigenvalue weighted by Crippen LogP contribution is 2.29. The lowest BCUT2D eigenvalue weighted by Gasteiger charge is -2.24. The van der Waals surface area contributed by atoms with Crippen LogP contribution in [0.3, 0.4) is 0 Å². The van der Waals surface area contributed by atoms with Gasteiger partial charge in [0.1, 0.15) is 0 Å². The van der Waals surface area contributed by atoms with Crippen LogP contribution in [0.5, 0.6) is 0 Å². The number of aryl methyl sites for hydroxylation is 1. The van der Waals surface area contributed by atoms with Gasteiger partial charge in [0, 0.05) is 28.9 Å². The average molecular weight is 281 g/mol. The molecule has 1 atom stereocenters. The first-order valence-electron chi connectivity index (χ1n) is 6.85. The Bertz CT molecular complexity index is 401. The smallest absolute Gasteiger partial charge is 0.0900 e. The van der Waals surface area contributed by atoms with Crippen molar-refractivity contribution in [2.24, 2.45) is 0 Å². The summed E-state index contributed by atoms with van der Waals surface area (Å²) < 4.78 is 5.31. The van der Waals surface area contributed by atoms with Crippen LogP contribution in [-0.4, -0.2) is 41.9 Å². The first-order valence-corrected chi connectivity index (χ1v) is 7.66. The van der Waals surface area contributed by atoms with Crippen molar-refractivity contribution in [3.63, 3.8) is 0 Å². The SMILES string of the molecule is C=CCOCC(O)CN(Cc1ccc(C)s1)C1CC1. The Morgan fingerprint density at radius 2 is 2.37 bits per heavy atom. The Kier molecular flexibility index (Phi) is 5.58. The summed E-state index contributed by atoms with van der Waals surface area (Å²) in [5.74, 6) is 0. The zero-order valence-electron chi connectivity index (χ0n) is 11.5. The topological polar surface area (TPSA) is 32.7 Å². The third-order valence-corrected chi connectivity index (χ3v) is 4.19. The Morgan fingerprint density at radius 3 is 2.95 bits per heavy atom. The second-order valence-electron chi connectivity index (χ2n) is 5.15. The van der Waals surface area contributed by atoms with E-state index in [2.05, 4.69) is 30.5 Å². The number of aliphatic hydroxyl groups is 1. The fourth-order valence-electron chi connectivity index (χ4n) is 2.16. The molecule has 106 valence electrons. The normalized spacial score (nSPS) is 16.8. The van der Waals surface area contributed by atoms with Crippen molar-refractivity contribution >= 4 is 11.3 Å². The predicted octanol–water partition coefficient (Wildman–Crippen LogP) is 2.58. The van der Waals surface area contributed by atoms with Gasteiger partial charge in [-0.25, -0.2) is 0 Å². The van der Waals surface area contributed by atoms with Gasteiger partial charge in [-0.15, -0.1) is 17.9 Å². The van der Waals surface area contributed by atoms with E-state index in [-0.39, 0.29) is 0 Å². The molecule has 1 fully saturated rings. The molecule has 1 aliphatic carbocycles. The molecule has 1 heterocycles. The van der Waals surface area contributed by atoms with Crippen molar-refractivity contribution in [2.75, 3.05) is 19.8 Å². The van der Waals surface area contributed by atoms with E-state index in [0.717, 1.165) is 6.54 Å². The molecule has 1 N–H and O–H groups in total. The fourth-order valence-corrected chi connectivity index (χ4v) is 3.08. The third kappa shape index (κ3) is 5.07. The lowest BCUT2D eigenvalue weighted by Crippen LogP contribution is -2.35. The van der Waals surface area contributed by atoms with Crippen LogP contribution in [0.4, 0.5) is 0 Å². The fraction of sp³-hybridized carbons (Fsp3) is 0.600. The molecular formula is C15H23NO2S. The van der Waals surface area contributed by atoms with Gasteiger partial charge < -0.3 is 9.84 Å². The zero-order valence-corrected chi connectivity index (χ0v) is 12.4. The molecule has 0 bridgehead atoms. The van der Waals surface area contributed by atoms with E-state index >= 15 is 0 Å². The summed E-state index contributed by atoms with van der Waals surface area (Å²) in [4.78, 5) is 5.11. The molecule has 19 heavy (non-hydrogen) atoms. The lowest BCUT2D eigenvalue weighted by molar-refractivity contribution is 0.0230. The Hall–Kier alpha value is -0.680. The molecule has 0 radical (unpaired) electrons. The maximum absolute atomic E-state index is 10.0. The summed E-state index contributed by atoms with van der Waals surface area (Å²) in [6.07, 6.45) is 3.80. The zero-order chi connectivity index (χ0) is 13.7. The first kappa shape index (κ1) is 14.7. The van der Waals surface area contributed by atoms with Crippen molar-refractivity contribution < 1.29 is 9.84 Å². The van der Waals surface area contributed by atoms with E-state index in [1.165, 1.54) is 22.6 Å². The molecule has 0 amide bonds. The van der Waals surface area contributed by atoms with Gasteiger partial charge in [0.25, 0.3) is 0 Å². The molecular weight excluding hydrogens is 258 g/mol. The molecule has 1 unspecified atom stereocenters. The highest BCUT2D eigenvalue weighted by molar-refractivity contribution is 7.11. The summed E-state index contributed by atoms with van der Waals surface area (Å²) in [7, 11) is 0. The van der Waals surface area contributed by atoms with Gasteiger partial charge in [0.15, 0.2) is 0 Å². The Labute approximate surface area is 119 Å². The number of nitrogens with zero attached hydrogens (tertiary/aromatic N) is 1. The molecule has 0 aromatic carbocycles. The number of rotatable bonds is 9. The minimum Gasteiger partial charge on any atom is -0.389 e. The Morgan fingerprint density at radius 1 is 1.58 bits per heavy atom. The van der Waals surface area contributed by atoms with E-state index in [4.69, 9.17) is 4.74 Å². The quantitative estimate of drug-likeness (QED) is 0.558. The van der Waals surface area contributed by atoms with E-state index in [1.807, 2.05) is 11.3 Å². The standard InChI is InChI=1S/C15H23NO2S/c1-3-8-18-11-14(17)9-16(13-5-6-13)10-15-7-4-12(2)19-15/h3-4,7,13-14,17H,1,5-6,8-11H2,2H3. The van der Waals surface area contributed by atoms with Gasteiger partial charge in [-0.2, -0.15) is 0 Å². The van der Waals surface area contributed by atoms with Gasteiger partial charge in [-0.1, -0.05) is 6.08 Å². The summed E-state index contributed by atoms with van der Waals surface area (Å²) in [5.41, 5.74) is 0. The van der Waals surface area contributed by atoms with Crippen LogP contribution >= 0.6 is 11.3 Å². The molecule has 1 aliphatic rings. The van der Waals surface area contributed by atoms with Crippen LogP contribution in [0.15, 0.2) is 24.8 Å². The predicted molar refractivity (Wildman–Crippen MR) is 79.5 cm³/mol. The Balaban J connectivity index is 1.80. The van der Waals surface area contributed by atoms with Gasteiger partial charge in [-0.05, 0) is 31.9 Å². The van der Waals surface area contributed by atoms with Crippen molar-refractivity contribution in [1.29, 1.82) is 0 Å². The largest absolute Gasteiger partial charge is 0.389 e. The number of hydrogen-bond acceptors (Lipinski definition) is 4. The molecule has 1 saturated carbocycles. The highest BCUT2D eigenvalue weighted by atomic mass is 32.1. The van der Waals surface area contributed by atoms with Crippen molar-refractivity contribution in [3.05, 3.63) is 34.5 Å². The number of thiophene rings is 1. The summed E-state index contributed by atoms with van der Waals surface area (Å²) in [5, 5.41) is 10.0. The van der Waals surface area contributed by atoms with Crippen molar-refractivity contribution in [3.8, 4) is 0 Å². The van der Waals surface area contributed by atoms with Gasteiger partial charge >= 0.3 is 0 Å². The second kappa shape index (κ2) is 7.20. The molecule has 4 heteroatoms. The number of aliphatic hydroxyl groups excluding tert-OH is 1.